The number of alkyl halides is 1. The Hall–Kier alpha value is -0.600. The van der Waals surface area contributed by atoms with Gasteiger partial charge in [-0.2, -0.15) is 0 Å². The molecule has 0 atom stereocenters. The lowest BCUT2D eigenvalue weighted by molar-refractivity contribution is 0.504. The minimum Gasteiger partial charge on any atom is -0.312 e. The highest BCUT2D eigenvalue weighted by atomic mass is 35.5. The van der Waals surface area contributed by atoms with Gasteiger partial charge < -0.3 is 5.32 Å². The number of halogens is 2. The van der Waals surface area contributed by atoms with Crippen LogP contribution in [0.5, 0.6) is 0 Å². The van der Waals surface area contributed by atoms with Crippen molar-refractivity contribution in [3.8, 4) is 0 Å². The van der Waals surface area contributed by atoms with Gasteiger partial charge in [0.15, 0.2) is 0 Å². The van der Waals surface area contributed by atoms with E-state index >= 15 is 0 Å². The Kier molecular flexibility index (Phi) is 3.50. The van der Waals surface area contributed by atoms with Crippen molar-refractivity contribution in [3.63, 3.8) is 0 Å². The van der Waals surface area contributed by atoms with Crippen LogP contribution in [-0.4, -0.2) is 12.4 Å². The van der Waals surface area contributed by atoms with Gasteiger partial charge in [0.1, 0.15) is 5.82 Å². The Labute approximate surface area is 101 Å². The fraction of sp³-hybridized carbons (Fsp3) is 0.538. The Morgan fingerprint density at radius 3 is 2.75 bits per heavy atom. The Balaban J connectivity index is 1.85. The topological polar surface area (TPSA) is 12.0 Å². The molecule has 0 spiro atoms. The van der Waals surface area contributed by atoms with Gasteiger partial charge in [0.05, 0.1) is 0 Å². The van der Waals surface area contributed by atoms with Gasteiger partial charge in [0, 0.05) is 19.0 Å². The number of hydrogen-bond donors (Lipinski definition) is 1. The molecule has 0 bridgehead atoms. The number of rotatable bonds is 5. The SMILES string of the molecule is Cc1cc(F)ccc1CNCC1(CCl)CC1. The van der Waals surface area contributed by atoms with E-state index in [0.29, 0.717) is 5.41 Å². The lowest BCUT2D eigenvalue weighted by Gasteiger charge is -2.13. The average Bonchev–Trinajstić information content (AvgIpc) is 3.02. The summed E-state index contributed by atoms with van der Waals surface area (Å²) in [5, 5.41) is 3.41. The molecule has 2 rings (SSSR count). The summed E-state index contributed by atoms with van der Waals surface area (Å²) in [6.45, 7) is 3.70. The van der Waals surface area contributed by atoms with Crippen LogP contribution in [-0.2, 0) is 6.54 Å². The third kappa shape index (κ3) is 2.74. The monoisotopic (exact) mass is 241 g/mol. The van der Waals surface area contributed by atoms with E-state index in [1.54, 1.807) is 6.07 Å². The van der Waals surface area contributed by atoms with Gasteiger partial charge in [-0.15, -0.1) is 11.6 Å². The molecule has 1 fully saturated rings. The van der Waals surface area contributed by atoms with Crippen LogP contribution in [0.3, 0.4) is 0 Å². The molecule has 3 heteroatoms. The fourth-order valence-corrected chi connectivity index (χ4v) is 2.22. The molecular formula is C13H17ClFN. The van der Waals surface area contributed by atoms with Crippen molar-refractivity contribution >= 4 is 11.6 Å². The molecule has 1 aromatic carbocycles. The number of aryl methyl sites for hydroxylation is 1. The molecule has 1 saturated carbocycles. The summed E-state index contributed by atoms with van der Waals surface area (Å²) < 4.78 is 12.9. The largest absolute Gasteiger partial charge is 0.312 e. The van der Waals surface area contributed by atoms with Crippen molar-refractivity contribution in [2.75, 3.05) is 12.4 Å². The maximum absolute atomic E-state index is 12.9. The number of hydrogen-bond acceptors (Lipinski definition) is 1. The summed E-state index contributed by atoms with van der Waals surface area (Å²) in [6.07, 6.45) is 2.46. The maximum atomic E-state index is 12.9. The highest BCUT2D eigenvalue weighted by Crippen LogP contribution is 2.45. The van der Waals surface area contributed by atoms with Gasteiger partial charge in [0.2, 0.25) is 0 Å². The summed E-state index contributed by atoms with van der Waals surface area (Å²) in [5.41, 5.74) is 2.50. The molecule has 0 saturated heterocycles. The molecule has 0 unspecified atom stereocenters. The fourth-order valence-electron chi connectivity index (χ4n) is 1.85. The summed E-state index contributed by atoms with van der Waals surface area (Å²) in [6, 6.07) is 4.93. The second kappa shape index (κ2) is 4.72. The molecule has 88 valence electrons. The smallest absolute Gasteiger partial charge is 0.123 e. The first kappa shape index (κ1) is 11.9. The van der Waals surface area contributed by atoms with Crippen LogP contribution < -0.4 is 5.32 Å². The van der Waals surface area contributed by atoms with Crippen molar-refractivity contribution in [3.05, 3.63) is 35.1 Å². The maximum Gasteiger partial charge on any atom is 0.123 e. The van der Waals surface area contributed by atoms with E-state index in [9.17, 15) is 4.39 Å². The normalized spacial score (nSPS) is 17.4. The van der Waals surface area contributed by atoms with Gasteiger partial charge in [-0.3, -0.25) is 0 Å². The van der Waals surface area contributed by atoms with Crippen LogP contribution in [0.15, 0.2) is 18.2 Å². The van der Waals surface area contributed by atoms with E-state index in [1.165, 1.54) is 18.9 Å². The third-order valence-corrected chi connectivity index (χ3v) is 3.93. The highest BCUT2D eigenvalue weighted by molar-refractivity contribution is 6.18. The van der Waals surface area contributed by atoms with Crippen molar-refractivity contribution in [2.45, 2.75) is 26.3 Å². The molecule has 0 radical (unpaired) electrons. The van der Waals surface area contributed by atoms with E-state index in [-0.39, 0.29) is 5.82 Å². The van der Waals surface area contributed by atoms with Crippen LogP contribution >= 0.6 is 11.6 Å². The summed E-state index contributed by atoms with van der Waals surface area (Å²) >= 11 is 5.90. The highest BCUT2D eigenvalue weighted by Gasteiger charge is 2.41. The number of benzene rings is 1. The van der Waals surface area contributed by atoms with E-state index < -0.39 is 0 Å². The molecule has 1 aliphatic rings. The van der Waals surface area contributed by atoms with E-state index in [0.717, 1.165) is 30.1 Å². The molecule has 0 aliphatic heterocycles. The van der Waals surface area contributed by atoms with E-state index in [1.807, 2.05) is 13.0 Å². The van der Waals surface area contributed by atoms with Crippen molar-refractivity contribution in [1.82, 2.24) is 5.32 Å². The predicted molar refractivity (Wildman–Crippen MR) is 65.2 cm³/mol. The van der Waals surface area contributed by atoms with Gasteiger partial charge in [-0.25, -0.2) is 4.39 Å². The zero-order valence-electron chi connectivity index (χ0n) is 9.52. The third-order valence-electron chi connectivity index (χ3n) is 3.36. The summed E-state index contributed by atoms with van der Waals surface area (Å²) in [5.74, 6) is 0.572. The molecule has 16 heavy (non-hydrogen) atoms. The van der Waals surface area contributed by atoms with Crippen LogP contribution in [0.2, 0.25) is 0 Å². The Morgan fingerprint density at radius 2 is 2.19 bits per heavy atom. The number of nitrogens with one attached hydrogen (secondary N) is 1. The van der Waals surface area contributed by atoms with E-state index in [4.69, 9.17) is 11.6 Å². The molecule has 0 aromatic heterocycles. The van der Waals surface area contributed by atoms with Crippen molar-refractivity contribution in [2.24, 2.45) is 5.41 Å². The molecule has 0 amide bonds. The lowest BCUT2D eigenvalue weighted by atomic mass is 10.1. The minimum absolute atomic E-state index is 0.166. The van der Waals surface area contributed by atoms with Crippen molar-refractivity contribution in [1.29, 1.82) is 0 Å². The quantitative estimate of drug-likeness (QED) is 0.781. The van der Waals surface area contributed by atoms with Crippen LogP contribution in [0.1, 0.15) is 24.0 Å². The predicted octanol–water partition coefficient (Wildman–Crippen LogP) is 3.24. The standard InChI is InChI=1S/C13H17ClFN/c1-10-6-12(15)3-2-11(10)7-16-9-13(8-14)4-5-13/h2-3,6,16H,4-5,7-9H2,1H3. The molecule has 1 nitrogen and oxygen atoms in total. The van der Waals surface area contributed by atoms with Gasteiger partial charge in [-0.1, -0.05) is 6.07 Å². The molecule has 0 heterocycles. The van der Waals surface area contributed by atoms with Gasteiger partial charge in [-0.05, 0) is 48.4 Å². The minimum atomic E-state index is -0.166. The molecule has 1 aromatic rings. The van der Waals surface area contributed by atoms with Gasteiger partial charge in [0.25, 0.3) is 0 Å². The molecule has 1 aliphatic carbocycles. The first-order valence-electron chi connectivity index (χ1n) is 5.67. The van der Waals surface area contributed by atoms with Crippen LogP contribution in [0, 0.1) is 18.2 Å². The van der Waals surface area contributed by atoms with Crippen LogP contribution in [0.4, 0.5) is 4.39 Å². The second-order valence-electron chi connectivity index (χ2n) is 4.81. The van der Waals surface area contributed by atoms with E-state index in [2.05, 4.69) is 5.32 Å². The molecule has 1 N–H and O–H groups in total. The summed E-state index contributed by atoms with van der Waals surface area (Å²) in [7, 11) is 0. The Morgan fingerprint density at radius 1 is 1.44 bits per heavy atom. The second-order valence-corrected chi connectivity index (χ2v) is 5.08. The average molecular weight is 242 g/mol. The Bertz CT molecular complexity index is 374. The molecular weight excluding hydrogens is 225 g/mol. The zero-order valence-corrected chi connectivity index (χ0v) is 10.3. The first-order chi connectivity index (χ1) is 7.65. The van der Waals surface area contributed by atoms with Crippen molar-refractivity contribution < 1.29 is 4.39 Å². The lowest BCUT2D eigenvalue weighted by Crippen LogP contribution is -2.25. The zero-order chi connectivity index (χ0) is 11.6. The van der Waals surface area contributed by atoms with Gasteiger partial charge >= 0.3 is 0 Å². The van der Waals surface area contributed by atoms with Crippen LogP contribution in [0.25, 0.3) is 0 Å². The first-order valence-corrected chi connectivity index (χ1v) is 6.20. The summed E-state index contributed by atoms with van der Waals surface area (Å²) in [4.78, 5) is 0.